The number of hydrogen-bond acceptors (Lipinski definition) is 2. The van der Waals surface area contributed by atoms with Gasteiger partial charge in [-0.1, -0.05) is 49.4 Å². The highest BCUT2D eigenvalue weighted by atomic mass is 16.5. The van der Waals surface area contributed by atoms with E-state index in [0.717, 1.165) is 31.6 Å². The van der Waals surface area contributed by atoms with Crippen molar-refractivity contribution in [2.24, 2.45) is 0 Å². The van der Waals surface area contributed by atoms with Crippen molar-refractivity contribution in [2.45, 2.75) is 32.2 Å². The minimum atomic E-state index is 0.431. The fourth-order valence-electron chi connectivity index (χ4n) is 3.12. The normalized spacial score (nSPS) is 15.1. The van der Waals surface area contributed by atoms with Crippen LogP contribution in [-0.4, -0.2) is 13.7 Å². The molecule has 0 bridgehead atoms. The SMILES string of the molecule is CCC(NC)c1ccc(-c2cccc3c2OCCC3)cc1. The van der Waals surface area contributed by atoms with E-state index in [1.165, 1.54) is 22.3 Å². The third kappa shape index (κ3) is 2.81. The van der Waals surface area contributed by atoms with E-state index in [1.54, 1.807) is 0 Å². The van der Waals surface area contributed by atoms with Crippen LogP contribution in [0.5, 0.6) is 5.75 Å². The molecular weight excluding hydrogens is 258 g/mol. The van der Waals surface area contributed by atoms with Crippen LogP contribution in [0.3, 0.4) is 0 Å². The third-order valence-corrected chi connectivity index (χ3v) is 4.31. The zero-order valence-electron chi connectivity index (χ0n) is 12.9. The van der Waals surface area contributed by atoms with Crippen molar-refractivity contribution < 1.29 is 4.74 Å². The summed E-state index contributed by atoms with van der Waals surface area (Å²) in [5, 5.41) is 3.35. The molecule has 1 heterocycles. The summed E-state index contributed by atoms with van der Waals surface area (Å²) in [6.45, 7) is 3.04. The van der Waals surface area contributed by atoms with Crippen LogP contribution >= 0.6 is 0 Å². The number of nitrogens with one attached hydrogen (secondary N) is 1. The molecule has 0 aromatic heterocycles. The van der Waals surface area contributed by atoms with E-state index in [1.807, 2.05) is 7.05 Å². The molecule has 0 amide bonds. The first kappa shape index (κ1) is 14.2. The van der Waals surface area contributed by atoms with E-state index < -0.39 is 0 Å². The molecule has 1 unspecified atom stereocenters. The molecule has 21 heavy (non-hydrogen) atoms. The Kier molecular flexibility index (Phi) is 4.26. The van der Waals surface area contributed by atoms with Gasteiger partial charge < -0.3 is 10.1 Å². The number of aryl methyl sites for hydroxylation is 1. The Balaban J connectivity index is 1.94. The summed E-state index contributed by atoms with van der Waals surface area (Å²) >= 11 is 0. The van der Waals surface area contributed by atoms with Crippen LogP contribution in [-0.2, 0) is 6.42 Å². The van der Waals surface area contributed by atoms with Crippen molar-refractivity contribution in [2.75, 3.05) is 13.7 Å². The van der Waals surface area contributed by atoms with Crippen LogP contribution in [0, 0.1) is 0 Å². The van der Waals surface area contributed by atoms with Gasteiger partial charge in [-0.25, -0.2) is 0 Å². The lowest BCUT2D eigenvalue weighted by Gasteiger charge is -2.21. The standard InChI is InChI=1S/C19H23NO/c1-3-18(20-2)15-11-9-14(10-12-15)17-8-4-6-16-7-5-13-21-19(16)17/h4,6,8-12,18,20H,3,5,7,13H2,1-2H3. The third-order valence-electron chi connectivity index (χ3n) is 4.31. The van der Waals surface area contributed by atoms with Gasteiger partial charge in [0.15, 0.2) is 0 Å². The number of rotatable bonds is 4. The van der Waals surface area contributed by atoms with Gasteiger partial charge in [-0.05, 0) is 43.0 Å². The van der Waals surface area contributed by atoms with Gasteiger partial charge in [0.05, 0.1) is 6.61 Å². The average molecular weight is 281 g/mol. The minimum absolute atomic E-state index is 0.431. The second kappa shape index (κ2) is 6.31. The summed E-state index contributed by atoms with van der Waals surface area (Å²) < 4.78 is 5.92. The van der Waals surface area contributed by atoms with Gasteiger partial charge in [0.2, 0.25) is 0 Å². The van der Waals surface area contributed by atoms with Crippen LogP contribution in [0.2, 0.25) is 0 Å². The smallest absolute Gasteiger partial charge is 0.130 e. The first-order valence-electron chi connectivity index (χ1n) is 7.85. The zero-order valence-corrected chi connectivity index (χ0v) is 12.9. The first-order chi connectivity index (χ1) is 10.3. The van der Waals surface area contributed by atoms with Crippen molar-refractivity contribution >= 4 is 0 Å². The Hall–Kier alpha value is -1.80. The Morgan fingerprint density at radius 3 is 2.67 bits per heavy atom. The molecule has 1 N–H and O–H groups in total. The van der Waals surface area contributed by atoms with Gasteiger partial charge in [0.1, 0.15) is 5.75 Å². The number of fused-ring (bicyclic) bond motifs is 1. The summed E-state index contributed by atoms with van der Waals surface area (Å²) in [5.41, 5.74) is 5.14. The van der Waals surface area contributed by atoms with Crippen molar-refractivity contribution in [1.82, 2.24) is 5.32 Å². The average Bonchev–Trinajstić information content (AvgIpc) is 2.56. The van der Waals surface area contributed by atoms with Gasteiger partial charge >= 0.3 is 0 Å². The maximum atomic E-state index is 5.92. The first-order valence-corrected chi connectivity index (χ1v) is 7.85. The Morgan fingerprint density at radius 1 is 1.14 bits per heavy atom. The van der Waals surface area contributed by atoms with Gasteiger partial charge in [0, 0.05) is 11.6 Å². The second-order valence-electron chi connectivity index (χ2n) is 5.62. The van der Waals surface area contributed by atoms with Crippen LogP contribution in [0.4, 0.5) is 0 Å². The molecule has 2 heteroatoms. The van der Waals surface area contributed by atoms with Crippen LogP contribution in [0.1, 0.15) is 36.9 Å². The fourth-order valence-corrected chi connectivity index (χ4v) is 3.12. The Morgan fingerprint density at radius 2 is 1.95 bits per heavy atom. The molecule has 0 aliphatic carbocycles. The van der Waals surface area contributed by atoms with E-state index in [0.29, 0.717) is 6.04 Å². The molecule has 2 aromatic carbocycles. The van der Waals surface area contributed by atoms with Gasteiger partial charge in [0.25, 0.3) is 0 Å². The highest BCUT2D eigenvalue weighted by Gasteiger charge is 2.15. The molecule has 110 valence electrons. The molecule has 0 fully saturated rings. The summed E-state index contributed by atoms with van der Waals surface area (Å²) in [4.78, 5) is 0. The Labute approximate surface area is 127 Å². The minimum Gasteiger partial charge on any atom is -0.493 e. The lowest BCUT2D eigenvalue weighted by Crippen LogP contribution is -2.14. The van der Waals surface area contributed by atoms with Gasteiger partial charge in [-0.15, -0.1) is 0 Å². The van der Waals surface area contributed by atoms with Crippen LogP contribution < -0.4 is 10.1 Å². The largest absolute Gasteiger partial charge is 0.493 e. The van der Waals surface area contributed by atoms with Gasteiger partial charge in [-0.2, -0.15) is 0 Å². The zero-order chi connectivity index (χ0) is 14.7. The van der Waals surface area contributed by atoms with Gasteiger partial charge in [-0.3, -0.25) is 0 Å². The number of hydrogen-bond donors (Lipinski definition) is 1. The quantitative estimate of drug-likeness (QED) is 0.899. The van der Waals surface area contributed by atoms with E-state index >= 15 is 0 Å². The van der Waals surface area contributed by atoms with Crippen molar-refractivity contribution in [1.29, 1.82) is 0 Å². The van der Waals surface area contributed by atoms with E-state index in [9.17, 15) is 0 Å². The summed E-state index contributed by atoms with van der Waals surface area (Å²) in [6, 6.07) is 15.8. The van der Waals surface area contributed by atoms with E-state index in [2.05, 4.69) is 54.7 Å². The number of para-hydroxylation sites is 1. The number of benzene rings is 2. The summed E-state index contributed by atoms with van der Waals surface area (Å²) in [7, 11) is 2.02. The van der Waals surface area contributed by atoms with Crippen molar-refractivity contribution in [3.63, 3.8) is 0 Å². The molecule has 0 radical (unpaired) electrons. The molecular formula is C19H23NO. The van der Waals surface area contributed by atoms with Crippen molar-refractivity contribution in [3.8, 4) is 16.9 Å². The lowest BCUT2D eigenvalue weighted by atomic mass is 9.95. The van der Waals surface area contributed by atoms with E-state index in [4.69, 9.17) is 4.74 Å². The summed E-state index contributed by atoms with van der Waals surface area (Å²) in [5.74, 6) is 1.08. The molecule has 2 aromatic rings. The predicted molar refractivity (Wildman–Crippen MR) is 87.8 cm³/mol. The number of ether oxygens (including phenoxy) is 1. The topological polar surface area (TPSA) is 21.3 Å². The molecule has 3 rings (SSSR count). The molecule has 1 aliphatic heterocycles. The van der Waals surface area contributed by atoms with Crippen molar-refractivity contribution in [3.05, 3.63) is 53.6 Å². The highest BCUT2D eigenvalue weighted by molar-refractivity contribution is 5.72. The lowest BCUT2D eigenvalue weighted by molar-refractivity contribution is 0.289. The predicted octanol–water partition coefficient (Wildman–Crippen LogP) is 4.35. The van der Waals surface area contributed by atoms with Crippen LogP contribution in [0.25, 0.3) is 11.1 Å². The van der Waals surface area contributed by atoms with Crippen LogP contribution in [0.15, 0.2) is 42.5 Å². The molecule has 0 saturated heterocycles. The maximum absolute atomic E-state index is 5.92. The molecule has 1 aliphatic rings. The second-order valence-corrected chi connectivity index (χ2v) is 5.62. The van der Waals surface area contributed by atoms with E-state index in [-0.39, 0.29) is 0 Å². The Bertz CT molecular complexity index is 599. The summed E-state index contributed by atoms with van der Waals surface area (Å²) in [6.07, 6.45) is 3.34. The fraction of sp³-hybridized carbons (Fsp3) is 0.368. The molecule has 1 atom stereocenters. The monoisotopic (exact) mass is 281 g/mol. The maximum Gasteiger partial charge on any atom is 0.130 e. The highest BCUT2D eigenvalue weighted by Crippen LogP contribution is 2.36. The molecule has 0 saturated carbocycles. The molecule has 2 nitrogen and oxygen atoms in total. The molecule has 0 spiro atoms.